The van der Waals surface area contributed by atoms with Gasteiger partial charge in [-0.25, -0.2) is 4.98 Å². The van der Waals surface area contributed by atoms with E-state index >= 15 is 0 Å². The average Bonchev–Trinajstić information content (AvgIpc) is 2.89. The van der Waals surface area contributed by atoms with Crippen LogP contribution in [0.3, 0.4) is 0 Å². The van der Waals surface area contributed by atoms with Crippen LogP contribution in [0.5, 0.6) is 0 Å². The number of aromatic nitrogens is 3. The van der Waals surface area contributed by atoms with Crippen molar-refractivity contribution in [3.63, 3.8) is 0 Å². The van der Waals surface area contributed by atoms with E-state index in [2.05, 4.69) is 20.6 Å². The molecule has 0 aromatic carbocycles. The molecule has 94 valence electrons. The minimum absolute atomic E-state index is 0.239. The molecular formula is C14H18N4. The third kappa shape index (κ3) is 2.04. The van der Waals surface area contributed by atoms with Gasteiger partial charge in [-0.15, -0.1) is 0 Å². The first-order valence-electron chi connectivity index (χ1n) is 6.54. The molecule has 0 amide bonds. The van der Waals surface area contributed by atoms with E-state index < -0.39 is 0 Å². The van der Waals surface area contributed by atoms with Crippen molar-refractivity contribution in [3.8, 4) is 11.3 Å². The van der Waals surface area contributed by atoms with Crippen molar-refractivity contribution < 1.29 is 0 Å². The summed E-state index contributed by atoms with van der Waals surface area (Å²) < 4.78 is 2.22. The van der Waals surface area contributed by atoms with Crippen LogP contribution in [0.1, 0.15) is 31.7 Å². The van der Waals surface area contributed by atoms with E-state index in [9.17, 15) is 0 Å². The second-order valence-corrected chi connectivity index (χ2v) is 4.94. The minimum atomic E-state index is 0.239. The highest BCUT2D eigenvalue weighted by molar-refractivity contribution is 5.57. The van der Waals surface area contributed by atoms with Crippen molar-refractivity contribution in [3.05, 3.63) is 37.1 Å². The summed E-state index contributed by atoms with van der Waals surface area (Å²) in [6.45, 7) is 0. The van der Waals surface area contributed by atoms with Crippen LogP contribution in [-0.4, -0.2) is 20.6 Å². The molecule has 1 aliphatic rings. The fraction of sp³-hybridized carbons (Fsp3) is 0.429. The van der Waals surface area contributed by atoms with E-state index in [1.54, 1.807) is 6.20 Å². The molecule has 2 N–H and O–H groups in total. The van der Waals surface area contributed by atoms with Crippen molar-refractivity contribution in [1.29, 1.82) is 0 Å². The lowest BCUT2D eigenvalue weighted by atomic mass is 9.90. The molecule has 1 aliphatic carbocycles. The van der Waals surface area contributed by atoms with Gasteiger partial charge >= 0.3 is 0 Å². The van der Waals surface area contributed by atoms with Gasteiger partial charge in [0.1, 0.15) is 0 Å². The summed E-state index contributed by atoms with van der Waals surface area (Å²) in [6, 6.07) is 4.63. The van der Waals surface area contributed by atoms with E-state index in [1.807, 2.05) is 24.8 Å². The Hall–Kier alpha value is -1.68. The molecule has 18 heavy (non-hydrogen) atoms. The Balaban J connectivity index is 1.96. The molecule has 2 unspecified atom stereocenters. The molecule has 0 radical (unpaired) electrons. The first-order chi connectivity index (χ1) is 8.86. The molecule has 0 aliphatic heterocycles. The van der Waals surface area contributed by atoms with E-state index in [-0.39, 0.29) is 6.04 Å². The van der Waals surface area contributed by atoms with Gasteiger partial charge in [-0.1, -0.05) is 12.8 Å². The molecule has 0 saturated heterocycles. The summed E-state index contributed by atoms with van der Waals surface area (Å²) in [5.74, 6) is 0. The van der Waals surface area contributed by atoms with Gasteiger partial charge in [0.25, 0.3) is 0 Å². The molecule has 2 heterocycles. The minimum Gasteiger partial charge on any atom is -0.326 e. The molecule has 3 rings (SSSR count). The topological polar surface area (TPSA) is 56.7 Å². The van der Waals surface area contributed by atoms with Gasteiger partial charge in [0.05, 0.1) is 24.3 Å². The van der Waals surface area contributed by atoms with Gasteiger partial charge in [0, 0.05) is 24.0 Å². The van der Waals surface area contributed by atoms with Gasteiger partial charge in [0.15, 0.2) is 0 Å². The largest absolute Gasteiger partial charge is 0.326 e. The Morgan fingerprint density at radius 1 is 1.17 bits per heavy atom. The monoisotopic (exact) mass is 242 g/mol. The van der Waals surface area contributed by atoms with Crippen LogP contribution in [0.25, 0.3) is 11.3 Å². The average molecular weight is 242 g/mol. The Bertz CT molecular complexity index is 506. The van der Waals surface area contributed by atoms with Crippen molar-refractivity contribution in [1.82, 2.24) is 14.5 Å². The predicted octanol–water partition coefficient (Wildman–Crippen LogP) is 2.39. The molecular weight excluding hydrogens is 224 g/mol. The Kier molecular flexibility index (Phi) is 3.11. The van der Waals surface area contributed by atoms with E-state index in [1.165, 1.54) is 12.8 Å². The smallest absolute Gasteiger partial charge is 0.0954 e. The second kappa shape index (κ2) is 4.90. The van der Waals surface area contributed by atoms with Crippen molar-refractivity contribution >= 4 is 0 Å². The summed E-state index contributed by atoms with van der Waals surface area (Å²) in [6.07, 6.45) is 12.2. The first kappa shape index (κ1) is 11.4. The number of imidazole rings is 1. The highest BCUT2D eigenvalue weighted by Crippen LogP contribution is 2.31. The van der Waals surface area contributed by atoms with E-state index in [0.717, 1.165) is 24.1 Å². The maximum Gasteiger partial charge on any atom is 0.0954 e. The van der Waals surface area contributed by atoms with Gasteiger partial charge in [-0.3, -0.25) is 4.98 Å². The number of nitrogens with zero attached hydrogens (tertiary/aromatic N) is 3. The molecule has 1 saturated carbocycles. The second-order valence-electron chi connectivity index (χ2n) is 4.94. The van der Waals surface area contributed by atoms with Gasteiger partial charge in [-0.2, -0.15) is 0 Å². The van der Waals surface area contributed by atoms with Crippen molar-refractivity contribution in [2.75, 3.05) is 0 Å². The molecule has 4 nitrogen and oxygen atoms in total. The SMILES string of the molecule is NC1CCCCC1n1cncc1-c1cccnc1. The fourth-order valence-corrected chi connectivity index (χ4v) is 2.79. The molecule has 1 fully saturated rings. The van der Waals surface area contributed by atoms with Crippen LogP contribution in [0, 0.1) is 0 Å². The lowest BCUT2D eigenvalue weighted by Crippen LogP contribution is -2.35. The highest BCUT2D eigenvalue weighted by atomic mass is 15.1. The van der Waals surface area contributed by atoms with Crippen LogP contribution in [-0.2, 0) is 0 Å². The first-order valence-corrected chi connectivity index (χ1v) is 6.54. The number of nitrogens with two attached hydrogens (primary N) is 1. The fourth-order valence-electron chi connectivity index (χ4n) is 2.79. The normalized spacial score (nSPS) is 24.1. The maximum atomic E-state index is 6.25. The van der Waals surface area contributed by atoms with Crippen molar-refractivity contribution in [2.45, 2.75) is 37.8 Å². The van der Waals surface area contributed by atoms with Crippen LogP contribution >= 0.6 is 0 Å². The highest BCUT2D eigenvalue weighted by Gasteiger charge is 2.25. The third-order valence-electron chi connectivity index (χ3n) is 3.76. The van der Waals surface area contributed by atoms with Gasteiger partial charge in [0.2, 0.25) is 0 Å². The van der Waals surface area contributed by atoms with E-state index in [0.29, 0.717) is 6.04 Å². The molecule has 2 aromatic heterocycles. The molecule has 0 bridgehead atoms. The van der Waals surface area contributed by atoms with Gasteiger partial charge in [-0.05, 0) is 25.0 Å². The van der Waals surface area contributed by atoms with Crippen molar-refractivity contribution in [2.24, 2.45) is 5.73 Å². The molecule has 2 aromatic rings. The standard InChI is InChI=1S/C14H18N4/c15-12-5-1-2-6-13(12)18-10-17-9-14(18)11-4-3-7-16-8-11/h3-4,7-10,12-13H,1-2,5-6,15H2. The number of hydrogen-bond acceptors (Lipinski definition) is 3. The maximum absolute atomic E-state index is 6.25. The Morgan fingerprint density at radius 2 is 2.06 bits per heavy atom. The van der Waals surface area contributed by atoms with Crippen LogP contribution < -0.4 is 5.73 Å². The zero-order chi connectivity index (χ0) is 12.4. The molecule has 0 spiro atoms. The van der Waals surface area contributed by atoms with Crippen LogP contribution in [0.2, 0.25) is 0 Å². The third-order valence-corrected chi connectivity index (χ3v) is 3.76. The number of rotatable bonds is 2. The van der Waals surface area contributed by atoms with E-state index in [4.69, 9.17) is 5.73 Å². The van der Waals surface area contributed by atoms with Gasteiger partial charge < -0.3 is 10.3 Å². The number of pyridine rings is 1. The number of hydrogen-bond donors (Lipinski definition) is 1. The van der Waals surface area contributed by atoms with Crippen LogP contribution in [0.4, 0.5) is 0 Å². The summed E-state index contributed by atoms with van der Waals surface area (Å²) >= 11 is 0. The Morgan fingerprint density at radius 3 is 2.83 bits per heavy atom. The Labute approximate surface area is 107 Å². The lowest BCUT2D eigenvalue weighted by molar-refractivity contribution is 0.308. The summed E-state index contributed by atoms with van der Waals surface area (Å²) in [7, 11) is 0. The molecule has 4 heteroatoms. The summed E-state index contributed by atoms with van der Waals surface area (Å²) in [4.78, 5) is 8.46. The zero-order valence-electron chi connectivity index (χ0n) is 10.4. The molecule has 2 atom stereocenters. The zero-order valence-corrected chi connectivity index (χ0v) is 10.4. The summed E-state index contributed by atoms with van der Waals surface area (Å²) in [5, 5.41) is 0. The predicted molar refractivity (Wildman–Crippen MR) is 70.9 cm³/mol. The lowest BCUT2D eigenvalue weighted by Gasteiger charge is -2.30. The summed E-state index contributed by atoms with van der Waals surface area (Å²) in [5.41, 5.74) is 8.47. The van der Waals surface area contributed by atoms with Crippen LogP contribution in [0.15, 0.2) is 37.1 Å². The quantitative estimate of drug-likeness (QED) is 0.879.